The van der Waals surface area contributed by atoms with Crippen LogP contribution in [-0.4, -0.2) is 40.2 Å². The fraction of sp³-hybridized carbons (Fsp3) is 0.500. The normalized spacial score (nSPS) is 18.4. The Morgan fingerprint density at radius 2 is 2.06 bits per heavy atom. The van der Waals surface area contributed by atoms with E-state index in [2.05, 4.69) is 28.8 Å². The van der Waals surface area contributed by atoms with Crippen LogP contribution in [-0.2, 0) is 21.2 Å². The second-order valence-corrected chi connectivity index (χ2v) is 10.9. The highest BCUT2D eigenvalue weighted by atomic mass is 32.2. The van der Waals surface area contributed by atoms with E-state index in [9.17, 15) is 18.5 Å². The lowest BCUT2D eigenvalue weighted by molar-refractivity contribution is -0.112. The maximum absolute atomic E-state index is 12.9. The monoisotopic (exact) mass is 443 g/mol. The van der Waals surface area contributed by atoms with Gasteiger partial charge in [-0.25, -0.2) is 13.1 Å². The number of hydrogen-bond acceptors (Lipinski definition) is 5. The minimum atomic E-state index is -3.10. The lowest BCUT2D eigenvalue weighted by Gasteiger charge is -2.13. The summed E-state index contributed by atoms with van der Waals surface area (Å²) in [6, 6.07) is 5.33. The molecule has 1 fully saturated rings. The summed E-state index contributed by atoms with van der Waals surface area (Å²) in [4.78, 5) is 12.9. The third-order valence-corrected chi connectivity index (χ3v) is 7.23. The number of amides is 1. The number of aryl methyl sites for hydroxylation is 2. The van der Waals surface area contributed by atoms with Gasteiger partial charge in [-0.05, 0) is 50.8 Å². The summed E-state index contributed by atoms with van der Waals surface area (Å²) in [6.45, 7) is 10.9. The molecule has 3 heterocycles. The summed E-state index contributed by atoms with van der Waals surface area (Å²) in [5.74, 6) is 0.441. The van der Waals surface area contributed by atoms with Gasteiger partial charge < -0.3 is 9.88 Å². The molecule has 1 amide bonds. The van der Waals surface area contributed by atoms with E-state index in [1.165, 1.54) is 0 Å². The van der Waals surface area contributed by atoms with Gasteiger partial charge in [0.05, 0.1) is 23.2 Å². The van der Waals surface area contributed by atoms with Crippen molar-refractivity contribution >= 4 is 27.6 Å². The molecule has 2 aromatic heterocycles. The third-order valence-electron chi connectivity index (χ3n) is 5.48. The molecule has 0 spiro atoms. The molecule has 1 atom stereocenters. The Kier molecular flexibility index (Phi) is 6.41. The first-order valence-corrected chi connectivity index (χ1v) is 12.2. The maximum atomic E-state index is 12.9. The van der Waals surface area contributed by atoms with E-state index >= 15 is 0 Å². The number of hydrogen-bond donors (Lipinski definition) is 1. The molecule has 1 aliphatic rings. The largest absolute Gasteiger partial charge is 0.348 e. The van der Waals surface area contributed by atoms with E-state index in [4.69, 9.17) is 0 Å². The number of rotatable bonds is 6. The number of nitriles is 1. The summed E-state index contributed by atoms with van der Waals surface area (Å²) in [5.41, 5.74) is 3.56. The van der Waals surface area contributed by atoms with Crippen molar-refractivity contribution in [2.45, 2.75) is 53.6 Å². The highest BCUT2D eigenvalue weighted by Crippen LogP contribution is 2.27. The summed E-state index contributed by atoms with van der Waals surface area (Å²) in [5, 5.41) is 16.7. The average Bonchev–Trinajstić information content (AvgIpc) is 3.30. The van der Waals surface area contributed by atoms with Crippen molar-refractivity contribution < 1.29 is 13.2 Å². The fourth-order valence-electron chi connectivity index (χ4n) is 3.96. The van der Waals surface area contributed by atoms with Gasteiger partial charge in [0.1, 0.15) is 17.5 Å². The van der Waals surface area contributed by atoms with Gasteiger partial charge >= 0.3 is 0 Å². The Balaban J connectivity index is 1.86. The van der Waals surface area contributed by atoms with Gasteiger partial charge in [0.25, 0.3) is 5.91 Å². The molecule has 0 aromatic carbocycles. The van der Waals surface area contributed by atoms with Crippen LogP contribution in [0.4, 0.5) is 5.82 Å². The Morgan fingerprint density at radius 1 is 1.35 bits per heavy atom. The molecule has 1 N–H and O–H groups in total. The van der Waals surface area contributed by atoms with Crippen molar-refractivity contribution in [2.24, 2.45) is 5.92 Å². The number of sulfone groups is 1. The number of carbonyl (C=O) groups excluding carboxylic acids is 1. The molecule has 0 radical (unpaired) electrons. The van der Waals surface area contributed by atoms with E-state index in [-0.39, 0.29) is 23.1 Å². The molecular weight excluding hydrogens is 414 g/mol. The Hall–Kier alpha value is -2.86. The quantitative estimate of drug-likeness (QED) is 0.545. The molecule has 2 aromatic rings. The van der Waals surface area contributed by atoms with Gasteiger partial charge in [0, 0.05) is 24.0 Å². The van der Waals surface area contributed by atoms with Crippen LogP contribution in [0.15, 0.2) is 17.7 Å². The summed E-state index contributed by atoms with van der Waals surface area (Å²) in [6.07, 6.45) is 2.05. The Labute approximate surface area is 183 Å². The maximum Gasteiger partial charge on any atom is 0.267 e. The minimum Gasteiger partial charge on any atom is -0.348 e. The zero-order chi connectivity index (χ0) is 22.9. The minimum absolute atomic E-state index is 0.000223. The zero-order valence-electron chi connectivity index (χ0n) is 18.6. The molecule has 0 aliphatic carbocycles. The molecule has 0 saturated carbocycles. The van der Waals surface area contributed by atoms with Gasteiger partial charge in [-0.1, -0.05) is 13.8 Å². The lowest BCUT2D eigenvalue weighted by Crippen LogP contribution is -2.20. The van der Waals surface area contributed by atoms with Crippen molar-refractivity contribution in [2.75, 3.05) is 16.8 Å². The Bertz CT molecular complexity index is 1180. The molecule has 9 heteroatoms. The summed E-state index contributed by atoms with van der Waals surface area (Å²) in [7, 11) is -3.10. The lowest BCUT2D eigenvalue weighted by atomic mass is 10.1. The molecule has 1 unspecified atom stereocenters. The summed E-state index contributed by atoms with van der Waals surface area (Å²) < 4.78 is 27.5. The van der Waals surface area contributed by atoms with E-state index in [1.54, 1.807) is 23.7 Å². The van der Waals surface area contributed by atoms with Gasteiger partial charge in [0.2, 0.25) is 0 Å². The van der Waals surface area contributed by atoms with Crippen LogP contribution < -0.4 is 5.32 Å². The highest BCUT2D eigenvalue weighted by molar-refractivity contribution is 7.91. The predicted octanol–water partition coefficient (Wildman–Crippen LogP) is 3.17. The standard InChI is InChI=1S/C22H29N5O3S/c1-14(2)12-26-16(4)9-18(17(26)5)10-19(11-23)22(28)24-21-8-15(3)25-27(21)20-6-7-31(29,30)13-20/h8-10,14,20H,6-7,12-13H2,1-5H3,(H,24,28). The van der Waals surface area contributed by atoms with Crippen molar-refractivity contribution in [1.82, 2.24) is 14.3 Å². The first-order chi connectivity index (χ1) is 14.5. The summed E-state index contributed by atoms with van der Waals surface area (Å²) >= 11 is 0. The van der Waals surface area contributed by atoms with E-state index < -0.39 is 15.7 Å². The van der Waals surface area contributed by atoms with Crippen LogP contribution in [0.3, 0.4) is 0 Å². The second-order valence-electron chi connectivity index (χ2n) is 8.63. The van der Waals surface area contributed by atoms with E-state index in [1.807, 2.05) is 26.0 Å². The van der Waals surface area contributed by atoms with Crippen molar-refractivity contribution in [3.8, 4) is 6.07 Å². The third kappa shape index (κ3) is 5.07. The molecule has 166 valence electrons. The highest BCUT2D eigenvalue weighted by Gasteiger charge is 2.31. The van der Waals surface area contributed by atoms with Gasteiger partial charge in [-0.15, -0.1) is 0 Å². The first-order valence-electron chi connectivity index (χ1n) is 10.4. The molecule has 1 aliphatic heterocycles. The fourth-order valence-corrected chi connectivity index (χ4v) is 5.66. The second kappa shape index (κ2) is 8.71. The number of nitrogens with one attached hydrogen (secondary N) is 1. The van der Waals surface area contributed by atoms with Gasteiger partial charge in [-0.2, -0.15) is 10.4 Å². The van der Waals surface area contributed by atoms with Crippen LogP contribution in [0.2, 0.25) is 0 Å². The van der Waals surface area contributed by atoms with Crippen molar-refractivity contribution in [3.05, 3.63) is 40.4 Å². The first kappa shape index (κ1) is 22.8. The zero-order valence-corrected chi connectivity index (χ0v) is 19.5. The van der Waals surface area contributed by atoms with Crippen LogP contribution >= 0.6 is 0 Å². The van der Waals surface area contributed by atoms with Gasteiger partial charge in [0.15, 0.2) is 9.84 Å². The molecule has 3 rings (SSSR count). The van der Waals surface area contributed by atoms with Crippen molar-refractivity contribution in [1.29, 1.82) is 5.26 Å². The molecular formula is C22H29N5O3S. The number of aromatic nitrogens is 3. The van der Waals surface area contributed by atoms with E-state index in [0.29, 0.717) is 23.9 Å². The predicted molar refractivity (Wildman–Crippen MR) is 120 cm³/mol. The number of carbonyl (C=O) groups is 1. The van der Waals surface area contributed by atoms with Crippen molar-refractivity contribution in [3.63, 3.8) is 0 Å². The van der Waals surface area contributed by atoms with Crippen LogP contribution in [0.1, 0.15) is 49.0 Å². The number of anilines is 1. The molecule has 31 heavy (non-hydrogen) atoms. The number of nitrogens with zero attached hydrogens (tertiary/aromatic N) is 4. The van der Waals surface area contributed by atoms with Gasteiger partial charge in [-0.3, -0.25) is 4.79 Å². The Morgan fingerprint density at radius 3 is 2.65 bits per heavy atom. The molecule has 0 bridgehead atoms. The molecule has 8 nitrogen and oxygen atoms in total. The van der Waals surface area contributed by atoms with E-state index in [0.717, 1.165) is 23.5 Å². The SMILES string of the molecule is Cc1cc(NC(=O)C(C#N)=Cc2cc(C)n(CC(C)C)c2C)n(C2CCS(=O)(=O)C2)n1. The van der Waals surface area contributed by atoms with Crippen LogP contribution in [0.25, 0.3) is 6.08 Å². The smallest absolute Gasteiger partial charge is 0.267 e. The topological polar surface area (TPSA) is 110 Å². The molecule has 1 saturated heterocycles. The average molecular weight is 444 g/mol. The van der Waals surface area contributed by atoms with Crippen LogP contribution in [0, 0.1) is 38.0 Å². The van der Waals surface area contributed by atoms with Crippen LogP contribution in [0.5, 0.6) is 0 Å².